The molecule has 1 aliphatic carbocycles. The van der Waals surface area contributed by atoms with Crippen LogP contribution in [0.15, 0.2) is 54.7 Å². The molecule has 1 saturated carbocycles. The fourth-order valence-corrected chi connectivity index (χ4v) is 6.12. The molecule has 0 radical (unpaired) electrons. The summed E-state index contributed by atoms with van der Waals surface area (Å²) in [7, 11) is 0. The predicted molar refractivity (Wildman–Crippen MR) is 162 cm³/mol. The summed E-state index contributed by atoms with van der Waals surface area (Å²) in [5, 5.41) is 15.0. The van der Waals surface area contributed by atoms with E-state index in [0.717, 1.165) is 31.8 Å². The number of carboxylic acids is 1. The Morgan fingerprint density at radius 2 is 1.79 bits per heavy atom. The van der Waals surface area contributed by atoms with Crippen LogP contribution in [0.4, 0.5) is 24.5 Å². The van der Waals surface area contributed by atoms with Crippen molar-refractivity contribution in [3.8, 4) is 0 Å². The minimum atomic E-state index is -5.08. The Hall–Kier alpha value is -3.48. The van der Waals surface area contributed by atoms with Gasteiger partial charge in [0, 0.05) is 28.6 Å². The number of aryl methyl sites for hydroxylation is 2. The van der Waals surface area contributed by atoms with Crippen molar-refractivity contribution in [3.63, 3.8) is 0 Å². The molecule has 2 aliphatic rings. The number of nitrogens with one attached hydrogen (secondary N) is 2. The standard InChI is InChI=1S/C29H37N5OS.C2HF3O2/c1-20-31-19-28(36-20)24-17-27(24)32-18-22-12-15-34(16-13-22)14-4-5-21-8-10-23(11-9-21)29(35)33-26-7-3-2-6-25(26)30;3-2(4,5)1(6)7/h2-3,6-11,19,22,24,27,32H,4-5,12-18,30H2,1H3,(H,33,35);(H,6,7). The van der Waals surface area contributed by atoms with Crippen molar-refractivity contribution in [1.29, 1.82) is 0 Å². The Morgan fingerprint density at radius 1 is 1.12 bits per heavy atom. The van der Waals surface area contributed by atoms with Crippen molar-refractivity contribution in [2.75, 3.05) is 37.2 Å². The van der Waals surface area contributed by atoms with Gasteiger partial charge in [0.15, 0.2) is 0 Å². The van der Waals surface area contributed by atoms with Gasteiger partial charge in [-0.3, -0.25) is 4.79 Å². The van der Waals surface area contributed by atoms with E-state index in [2.05, 4.69) is 45.8 Å². The maximum atomic E-state index is 12.5. The fourth-order valence-electron chi connectivity index (χ4n) is 5.15. The lowest BCUT2D eigenvalue weighted by Crippen LogP contribution is -2.38. The monoisotopic (exact) mass is 617 g/mol. The van der Waals surface area contributed by atoms with Crippen LogP contribution in [0.1, 0.15) is 57.4 Å². The highest BCUT2D eigenvalue weighted by Crippen LogP contribution is 2.43. The number of aliphatic carboxylic acids is 1. The number of halogens is 3. The van der Waals surface area contributed by atoms with Gasteiger partial charge in [0.05, 0.1) is 16.4 Å². The third-order valence-corrected chi connectivity index (χ3v) is 8.82. The lowest BCUT2D eigenvalue weighted by atomic mass is 9.96. The summed E-state index contributed by atoms with van der Waals surface area (Å²) in [5.74, 6) is -1.39. The molecule has 1 saturated heterocycles. The molecule has 2 fully saturated rings. The van der Waals surface area contributed by atoms with Gasteiger partial charge in [0.25, 0.3) is 5.91 Å². The number of carbonyl (C=O) groups is 2. The third-order valence-electron chi connectivity index (χ3n) is 7.78. The van der Waals surface area contributed by atoms with Crippen LogP contribution in [0.5, 0.6) is 0 Å². The van der Waals surface area contributed by atoms with Gasteiger partial charge in [0.1, 0.15) is 0 Å². The van der Waals surface area contributed by atoms with E-state index in [4.69, 9.17) is 15.6 Å². The molecule has 1 aromatic heterocycles. The summed E-state index contributed by atoms with van der Waals surface area (Å²) in [6.07, 6.45) is 3.02. The molecule has 3 aromatic rings. The van der Waals surface area contributed by atoms with Gasteiger partial charge < -0.3 is 26.4 Å². The lowest BCUT2D eigenvalue weighted by Gasteiger charge is -2.32. The van der Waals surface area contributed by atoms with Crippen molar-refractivity contribution in [2.24, 2.45) is 5.92 Å². The Balaban J connectivity index is 0.000000541. The van der Waals surface area contributed by atoms with E-state index in [0.29, 0.717) is 28.9 Å². The molecule has 0 bridgehead atoms. The van der Waals surface area contributed by atoms with E-state index in [1.807, 2.05) is 41.7 Å². The molecule has 5 rings (SSSR count). The summed E-state index contributed by atoms with van der Waals surface area (Å²) in [6.45, 7) is 6.80. The number of nitrogen functional groups attached to an aromatic ring is 1. The zero-order valence-corrected chi connectivity index (χ0v) is 24.9. The summed E-state index contributed by atoms with van der Waals surface area (Å²) in [4.78, 5) is 29.9. The summed E-state index contributed by atoms with van der Waals surface area (Å²) in [6, 6.07) is 15.9. The molecule has 2 aromatic carbocycles. The number of aromatic nitrogens is 1. The highest BCUT2D eigenvalue weighted by Gasteiger charge is 2.40. The second-order valence-corrected chi connectivity index (χ2v) is 12.3. The number of carboxylic acid groups (broad SMARTS) is 1. The summed E-state index contributed by atoms with van der Waals surface area (Å²) in [5.41, 5.74) is 9.07. The minimum Gasteiger partial charge on any atom is -0.475 e. The number of likely N-dealkylation sites (tertiary alicyclic amines) is 1. The Bertz CT molecular complexity index is 1360. The Labute approximate surface area is 253 Å². The molecule has 232 valence electrons. The van der Waals surface area contributed by atoms with Crippen molar-refractivity contribution in [2.45, 2.75) is 57.2 Å². The molecular formula is C31H38F3N5O3S. The topological polar surface area (TPSA) is 121 Å². The van der Waals surface area contributed by atoms with Gasteiger partial charge in [-0.05, 0) is 101 Å². The van der Waals surface area contributed by atoms with Crippen molar-refractivity contribution in [1.82, 2.24) is 15.2 Å². The number of rotatable bonds is 10. The van der Waals surface area contributed by atoms with E-state index < -0.39 is 12.1 Å². The number of para-hydroxylation sites is 2. The minimum absolute atomic E-state index is 0.132. The second kappa shape index (κ2) is 14.8. The van der Waals surface area contributed by atoms with Gasteiger partial charge in [-0.1, -0.05) is 24.3 Å². The maximum absolute atomic E-state index is 12.5. The average Bonchev–Trinajstić information content (AvgIpc) is 3.63. The first-order valence-corrected chi connectivity index (χ1v) is 15.2. The first-order valence-electron chi connectivity index (χ1n) is 14.4. The van der Waals surface area contributed by atoms with Crippen LogP contribution in [0.2, 0.25) is 0 Å². The van der Waals surface area contributed by atoms with Gasteiger partial charge in [-0.25, -0.2) is 9.78 Å². The van der Waals surface area contributed by atoms with Crippen LogP contribution in [-0.4, -0.2) is 65.3 Å². The molecule has 0 spiro atoms. The van der Waals surface area contributed by atoms with Crippen LogP contribution in [0.3, 0.4) is 0 Å². The number of nitrogens with two attached hydrogens (primary N) is 1. The molecule has 8 nitrogen and oxygen atoms in total. The first kappa shape index (κ1) is 32.4. The van der Waals surface area contributed by atoms with E-state index in [9.17, 15) is 18.0 Å². The largest absolute Gasteiger partial charge is 0.490 e. The lowest BCUT2D eigenvalue weighted by molar-refractivity contribution is -0.192. The van der Waals surface area contributed by atoms with Crippen LogP contribution >= 0.6 is 11.3 Å². The summed E-state index contributed by atoms with van der Waals surface area (Å²) >= 11 is 1.85. The van der Waals surface area contributed by atoms with E-state index in [1.165, 1.54) is 47.8 Å². The predicted octanol–water partition coefficient (Wildman–Crippen LogP) is 5.71. The van der Waals surface area contributed by atoms with E-state index in [-0.39, 0.29) is 5.91 Å². The van der Waals surface area contributed by atoms with Gasteiger partial charge >= 0.3 is 12.1 Å². The van der Waals surface area contributed by atoms with Crippen LogP contribution in [0.25, 0.3) is 0 Å². The van der Waals surface area contributed by atoms with E-state index >= 15 is 0 Å². The maximum Gasteiger partial charge on any atom is 0.490 e. The normalized spacial score (nSPS) is 18.9. The smallest absolute Gasteiger partial charge is 0.475 e. The van der Waals surface area contributed by atoms with Crippen molar-refractivity contribution >= 4 is 34.6 Å². The number of hydrogen-bond donors (Lipinski definition) is 4. The number of piperidine rings is 1. The molecule has 1 aliphatic heterocycles. The number of anilines is 2. The molecule has 5 N–H and O–H groups in total. The quantitative estimate of drug-likeness (QED) is 0.215. The zero-order valence-electron chi connectivity index (χ0n) is 24.1. The van der Waals surface area contributed by atoms with Gasteiger partial charge in [-0.15, -0.1) is 11.3 Å². The van der Waals surface area contributed by atoms with Crippen molar-refractivity contribution < 1.29 is 27.9 Å². The molecule has 2 atom stereocenters. The first-order chi connectivity index (χ1) is 20.5. The number of nitrogens with zero attached hydrogens (tertiary/aromatic N) is 2. The molecular weight excluding hydrogens is 579 g/mol. The van der Waals surface area contributed by atoms with Crippen LogP contribution in [0, 0.1) is 12.8 Å². The third kappa shape index (κ3) is 10.0. The van der Waals surface area contributed by atoms with Crippen LogP contribution in [-0.2, 0) is 11.2 Å². The molecule has 1 amide bonds. The van der Waals surface area contributed by atoms with Crippen LogP contribution < -0.4 is 16.4 Å². The molecule has 12 heteroatoms. The van der Waals surface area contributed by atoms with Crippen molar-refractivity contribution in [3.05, 3.63) is 75.7 Å². The Kier molecular flexibility index (Phi) is 11.2. The average molecular weight is 618 g/mol. The summed E-state index contributed by atoms with van der Waals surface area (Å²) < 4.78 is 31.7. The second-order valence-electron chi connectivity index (χ2n) is 11.1. The fraction of sp³-hybridized carbons (Fsp3) is 0.452. The Morgan fingerprint density at radius 3 is 2.40 bits per heavy atom. The highest BCUT2D eigenvalue weighted by molar-refractivity contribution is 7.11. The molecule has 43 heavy (non-hydrogen) atoms. The number of alkyl halides is 3. The SMILES string of the molecule is Cc1ncc(C2CC2NCC2CCN(CCCc3ccc(C(=O)Nc4ccccc4N)cc3)CC2)s1.O=C(O)C(F)(F)F. The highest BCUT2D eigenvalue weighted by atomic mass is 32.1. The zero-order chi connectivity index (χ0) is 31.0. The molecule has 2 unspecified atom stereocenters. The number of amides is 1. The molecule has 2 heterocycles. The van der Waals surface area contributed by atoms with Gasteiger partial charge in [0.2, 0.25) is 0 Å². The number of thiazole rings is 1. The number of benzene rings is 2. The number of hydrogen-bond acceptors (Lipinski definition) is 7. The number of carbonyl (C=O) groups excluding carboxylic acids is 1. The van der Waals surface area contributed by atoms with E-state index in [1.54, 1.807) is 6.07 Å². The van der Waals surface area contributed by atoms with Gasteiger partial charge in [-0.2, -0.15) is 13.2 Å².